The number of nitrogens with one attached hydrogen (secondary N) is 1. The predicted molar refractivity (Wildman–Crippen MR) is 82.0 cm³/mol. The Bertz CT molecular complexity index is 595. The summed E-state index contributed by atoms with van der Waals surface area (Å²) in [4.78, 5) is 11.3. The average Bonchev–Trinajstić information content (AvgIpc) is 2.93. The molecule has 5 nitrogen and oxygen atoms in total. The zero-order chi connectivity index (χ0) is 14.7. The summed E-state index contributed by atoms with van der Waals surface area (Å²) in [5.41, 5.74) is 1.09. The Kier molecular flexibility index (Phi) is 4.20. The third-order valence-electron chi connectivity index (χ3n) is 4.01. The lowest BCUT2D eigenvalue weighted by Gasteiger charge is -2.34. The maximum absolute atomic E-state index is 5.73. The largest absolute Gasteiger partial charge is 0.465 e. The van der Waals surface area contributed by atoms with E-state index in [9.17, 15) is 0 Å². The van der Waals surface area contributed by atoms with Gasteiger partial charge in [0.25, 0.3) is 0 Å². The molecule has 2 aromatic heterocycles. The molecule has 1 saturated heterocycles. The summed E-state index contributed by atoms with van der Waals surface area (Å²) in [6.45, 7) is 3.92. The molecule has 0 saturated carbocycles. The number of rotatable bonds is 4. The number of nitrogens with zero attached hydrogens (tertiary/aromatic N) is 3. The quantitative estimate of drug-likeness (QED) is 0.935. The molecule has 5 heteroatoms. The van der Waals surface area contributed by atoms with E-state index in [4.69, 9.17) is 4.42 Å². The van der Waals surface area contributed by atoms with Crippen LogP contribution in [0.25, 0.3) is 0 Å². The summed E-state index contributed by atoms with van der Waals surface area (Å²) >= 11 is 0. The molecule has 1 aliphatic rings. The smallest absolute Gasteiger partial charge is 0.222 e. The van der Waals surface area contributed by atoms with Crippen LogP contribution in [-0.4, -0.2) is 28.5 Å². The van der Waals surface area contributed by atoms with Crippen molar-refractivity contribution in [1.29, 1.82) is 0 Å². The molecule has 0 radical (unpaired) electrons. The molecule has 1 atom stereocenters. The highest BCUT2D eigenvalue weighted by atomic mass is 16.3. The lowest BCUT2D eigenvalue weighted by Crippen LogP contribution is -2.33. The van der Waals surface area contributed by atoms with Crippen LogP contribution in [0.3, 0.4) is 0 Å². The highest BCUT2D eigenvalue weighted by molar-refractivity contribution is 5.25. The van der Waals surface area contributed by atoms with Gasteiger partial charge in [-0.3, -0.25) is 4.90 Å². The minimum atomic E-state index is 0.347. The van der Waals surface area contributed by atoms with Crippen molar-refractivity contribution in [1.82, 2.24) is 14.9 Å². The van der Waals surface area contributed by atoms with E-state index in [1.54, 1.807) is 0 Å². The van der Waals surface area contributed by atoms with Gasteiger partial charge in [0.2, 0.25) is 5.95 Å². The predicted octanol–water partition coefficient (Wildman–Crippen LogP) is 3.15. The van der Waals surface area contributed by atoms with E-state index in [-0.39, 0.29) is 0 Å². The van der Waals surface area contributed by atoms with Crippen LogP contribution >= 0.6 is 0 Å². The second-order valence-corrected chi connectivity index (χ2v) is 5.55. The van der Waals surface area contributed by atoms with Crippen molar-refractivity contribution in [3.05, 3.63) is 41.6 Å². The van der Waals surface area contributed by atoms with Gasteiger partial charge < -0.3 is 9.73 Å². The van der Waals surface area contributed by atoms with Gasteiger partial charge in [0.1, 0.15) is 11.5 Å². The van der Waals surface area contributed by atoms with Crippen molar-refractivity contribution < 1.29 is 4.42 Å². The first-order valence-corrected chi connectivity index (χ1v) is 7.56. The first kappa shape index (κ1) is 14.1. The molecule has 1 aliphatic heterocycles. The van der Waals surface area contributed by atoms with E-state index in [1.807, 2.05) is 32.3 Å². The van der Waals surface area contributed by atoms with Gasteiger partial charge in [-0.2, -0.15) is 0 Å². The molecule has 3 heterocycles. The van der Waals surface area contributed by atoms with Crippen LogP contribution in [0.1, 0.15) is 42.5 Å². The third-order valence-corrected chi connectivity index (χ3v) is 4.01. The Hall–Kier alpha value is -1.88. The van der Waals surface area contributed by atoms with Crippen molar-refractivity contribution in [3.8, 4) is 0 Å². The van der Waals surface area contributed by atoms with Crippen LogP contribution in [0, 0.1) is 6.92 Å². The van der Waals surface area contributed by atoms with Crippen molar-refractivity contribution in [2.75, 3.05) is 18.9 Å². The van der Waals surface area contributed by atoms with E-state index < -0.39 is 0 Å². The number of aromatic nitrogens is 2. The summed E-state index contributed by atoms with van der Waals surface area (Å²) < 4.78 is 5.73. The van der Waals surface area contributed by atoms with Crippen molar-refractivity contribution in [2.24, 2.45) is 0 Å². The number of likely N-dealkylation sites (tertiary alicyclic amines) is 1. The lowest BCUT2D eigenvalue weighted by molar-refractivity contribution is 0.127. The standard InChI is InChI=1S/C16H22N4O/c1-12-6-7-13(21-12)11-20-10-4-3-5-15(20)14-8-9-18-16(17-2)19-14/h6-9,15H,3-5,10-11H2,1-2H3,(H,17,18,19). The first-order chi connectivity index (χ1) is 10.3. The molecule has 2 aromatic rings. The highest BCUT2D eigenvalue weighted by Crippen LogP contribution is 2.31. The molecule has 1 unspecified atom stereocenters. The number of piperidine rings is 1. The van der Waals surface area contributed by atoms with Crippen molar-refractivity contribution >= 4 is 5.95 Å². The lowest BCUT2D eigenvalue weighted by atomic mass is 9.99. The van der Waals surface area contributed by atoms with Crippen LogP contribution < -0.4 is 5.32 Å². The second kappa shape index (κ2) is 6.26. The van der Waals surface area contributed by atoms with Gasteiger partial charge in [-0.25, -0.2) is 9.97 Å². The molecule has 21 heavy (non-hydrogen) atoms. The first-order valence-electron chi connectivity index (χ1n) is 7.56. The van der Waals surface area contributed by atoms with E-state index in [2.05, 4.69) is 26.3 Å². The van der Waals surface area contributed by atoms with Crippen LogP contribution in [0.15, 0.2) is 28.8 Å². The van der Waals surface area contributed by atoms with E-state index >= 15 is 0 Å². The van der Waals surface area contributed by atoms with Crippen molar-refractivity contribution in [2.45, 2.75) is 38.8 Å². The summed E-state index contributed by atoms with van der Waals surface area (Å²) in [6, 6.07) is 6.47. The molecule has 3 rings (SSSR count). The number of hydrogen-bond acceptors (Lipinski definition) is 5. The molecule has 1 N–H and O–H groups in total. The summed E-state index contributed by atoms with van der Waals surface area (Å²) in [6.07, 6.45) is 5.45. The Morgan fingerprint density at radius 3 is 3.00 bits per heavy atom. The number of hydrogen-bond donors (Lipinski definition) is 1. The summed E-state index contributed by atoms with van der Waals surface area (Å²) in [5, 5.41) is 3.02. The zero-order valence-corrected chi connectivity index (χ0v) is 12.7. The van der Waals surface area contributed by atoms with E-state index in [0.29, 0.717) is 12.0 Å². The van der Waals surface area contributed by atoms with Crippen LogP contribution in [-0.2, 0) is 6.54 Å². The van der Waals surface area contributed by atoms with E-state index in [1.165, 1.54) is 12.8 Å². The fourth-order valence-electron chi connectivity index (χ4n) is 2.96. The van der Waals surface area contributed by atoms with Crippen LogP contribution in [0.5, 0.6) is 0 Å². The maximum atomic E-state index is 5.73. The van der Waals surface area contributed by atoms with E-state index in [0.717, 1.165) is 36.7 Å². The molecule has 0 aromatic carbocycles. The second-order valence-electron chi connectivity index (χ2n) is 5.55. The fourth-order valence-corrected chi connectivity index (χ4v) is 2.96. The molecule has 0 aliphatic carbocycles. The summed E-state index contributed by atoms with van der Waals surface area (Å²) in [5.74, 6) is 2.69. The molecule has 0 spiro atoms. The van der Waals surface area contributed by atoms with Crippen LogP contribution in [0.4, 0.5) is 5.95 Å². The minimum Gasteiger partial charge on any atom is -0.465 e. The molecular weight excluding hydrogens is 264 g/mol. The van der Waals surface area contributed by atoms with Crippen LogP contribution in [0.2, 0.25) is 0 Å². The Balaban J connectivity index is 1.80. The fraction of sp³-hybridized carbons (Fsp3) is 0.500. The molecule has 112 valence electrons. The van der Waals surface area contributed by atoms with Crippen molar-refractivity contribution in [3.63, 3.8) is 0 Å². The maximum Gasteiger partial charge on any atom is 0.222 e. The average molecular weight is 286 g/mol. The van der Waals surface area contributed by atoms with Gasteiger partial charge in [0.05, 0.1) is 18.3 Å². The Morgan fingerprint density at radius 2 is 2.24 bits per heavy atom. The number of furan rings is 1. The third kappa shape index (κ3) is 3.24. The van der Waals surface area contributed by atoms with Gasteiger partial charge in [-0.1, -0.05) is 6.42 Å². The van der Waals surface area contributed by atoms with Gasteiger partial charge >= 0.3 is 0 Å². The zero-order valence-electron chi connectivity index (χ0n) is 12.7. The van der Waals surface area contributed by atoms with Gasteiger partial charge in [0.15, 0.2) is 0 Å². The number of aryl methyl sites for hydroxylation is 1. The molecular formula is C16H22N4O. The topological polar surface area (TPSA) is 54.2 Å². The normalized spacial score (nSPS) is 19.6. The summed E-state index contributed by atoms with van der Waals surface area (Å²) in [7, 11) is 1.85. The Labute approximate surface area is 125 Å². The van der Waals surface area contributed by atoms with Gasteiger partial charge in [-0.05, 0) is 44.5 Å². The molecule has 0 amide bonds. The SMILES string of the molecule is CNc1nccc(C2CCCCN2Cc2ccc(C)o2)n1. The van der Waals surface area contributed by atoms with Gasteiger partial charge in [-0.15, -0.1) is 0 Å². The molecule has 1 fully saturated rings. The number of anilines is 1. The highest BCUT2D eigenvalue weighted by Gasteiger charge is 2.26. The molecule has 0 bridgehead atoms. The monoisotopic (exact) mass is 286 g/mol. The van der Waals surface area contributed by atoms with Gasteiger partial charge in [0, 0.05) is 13.2 Å². The minimum absolute atomic E-state index is 0.347. The Morgan fingerprint density at radius 1 is 1.33 bits per heavy atom.